The molecular weight excluding hydrogens is 212 g/mol. The summed E-state index contributed by atoms with van der Waals surface area (Å²) < 4.78 is 0. The SMILES string of the molecule is Cc1[nH]c2ccccc2c1C(=O)C1(C#N)CC1. The summed E-state index contributed by atoms with van der Waals surface area (Å²) in [6.07, 6.45) is 1.39. The number of aryl methyl sites for hydroxylation is 1. The average Bonchev–Trinajstić information content (AvgIpc) is 3.06. The molecule has 0 atom stereocenters. The number of nitrogens with zero attached hydrogens (tertiary/aromatic N) is 1. The third-order valence-electron chi connectivity index (χ3n) is 3.52. The second-order valence-electron chi connectivity index (χ2n) is 4.69. The van der Waals surface area contributed by atoms with Crippen molar-refractivity contribution in [3.8, 4) is 6.07 Å². The summed E-state index contributed by atoms with van der Waals surface area (Å²) in [5, 5.41) is 10.0. The maximum atomic E-state index is 12.4. The first-order valence-electron chi connectivity index (χ1n) is 5.71. The normalized spacial score (nSPS) is 16.7. The monoisotopic (exact) mass is 224 g/mol. The number of benzene rings is 1. The molecule has 1 aliphatic rings. The Morgan fingerprint density at radius 2 is 2.12 bits per heavy atom. The number of nitriles is 1. The smallest absolute Gasteiger partial charge is 0.185 e. The molecule has 17 heavy (non-hydrogen) atoms. The fourth-order valence-electron chi connectivity index (χ4n) is 2.32. The van der Waals surface area contributed by atoms with E-state index in [1.807, 2.05) is 31.2 Å². The van der Waals surface area contributed by atoms with Crippen molar-refractivity contribution in [3.63, 3.8) is 0 Å². The third kappa shape index (κ3) is 1.31. The van der Waals surface area contributed by atoms with Crippen LogP contribution in [-0.2, 0) is 0 Å². The molecule has 1 fully saturated rings. The Bertz CT molecular complexity index is 656. The van der Waals surface area contributed by atoms with E-state index in [2.05, 4.69) is 11.1 Å². The zero-order valence-electron chi connectivity index (χ0n) is 9.58. The highest BCUT2D eigenvalue weighted by Gasteiger charge is 2.51. The Hall–Kier alpha value is -2.08. The van der Waals surface area contributed by atoms with Crippen LogP contribution in [0.4, 0.5) is 0 Å². The van der Waals surface area contributed by atoms with Crippen LogP contribution >= 0.6 is 0 Å². The number of hydrogen-bond donors (Lipinski definition) is 1. The number of carbonyl (C=O) groups excluding carboxylic acids is 1. The van der Waals surface area contributed by atoms with Crippen molar-refractivity contribution in [1.82, 2.24) is 4.98 Å². The van der Waals surface area contributed by atoms with Crippen LogP contribution in [0, 0.1) is 23.7 Å². The van der Waals surface area contributed by atoms with Gasteiger partial charge in [0.1, 0.15) is 5.41 Å². The van der Waals surface area contributed by atoms with Gasteiger partial charge in [0.05, 0.1) is 6.07 Å². The Morgan fingerprint density at radius 3 is 2.76 bits per heavy atom. The second kappa shape index (κ2) is 3.21. The molecule has 3 heteroatoms. The van der Waals surface area contributed by atoms with Crippen molar-refractivity contribution in [2.45, 2.75) is 19.8 Å². The van der Waals surface area contributed by atoms with E-state index in [1.165, 1.54) is 0 Å². The zero-order valence-corrected chi connectivity index (χ0v) is 9.58. The molecule has 3 rings (SSSR count). The molecule has 0 radical (unpaired) electrons. The van der Waals surface area contributed by atoms with Gasteiger partial charge in [-0.05, 0) is 25.8 Å². The average molecular weight is 224 g/mol. The number of hydrogen-bond acceptors (Lipinski definition) is 2. The summed E-state index contributed by atoms with van der Waals surface area (Å²) in [6.45, 7) is 1.89. The van der Waals surface area contributed by atoms with E-state index in [-0.39, 0.29) is 5.78 Å². The number of H-pyrrole nitrogens is 1. The molecule has 0 bridgehead atoms. The van der Waals surface area contributed by atoms with E-state index in [9.17, 15) is 4.79 Å². The topological polar surface area (TPSA) is 56.6 Å². The van der Waals surface area contributed by atoms with Crippen LogP contribution < -0.4 is 0 Å². The lowest BCUT2D eigenvalue weighted by atomic mass is 9.94. The summed E-state index contributed by atoms with van der Waals surface area (Å²) in [5.41, 5.74) is 1.77. The highest BCUT2D eigenvalue weighted by atomic mass is 16.1. The zero-order chi connectivity index (χ0) is 12.0. The van der Waals surface area contributed by atoms with Crippen LogP contribution in [0.2, 0.25) is 0 Å². The van der Waals surface area contributed by atoms with E-state index in [0.717, 1.165) is 16.6 Å². The Labute approximate surface area is 99.1 Å². The van der Waals surface area contributed by atoms with Crippen molar-refractivity contribution >= 4 is 16.7 Å². The first-order valence-corrected chi connectivity index (χ1v) is 5.71. The lowest BCUT2D eigenvalue weighted by Gasteiger charge is -2.04. The maximum absolute atomic E-state index is 12.4. The summed E-state index contributed by atoms with van der Waals surface area (Å²) in [4.78, 5) is 15.6. The summed E-state index contributed by atoms with van der Waals surface area (Å²) in [7, 11) is 0. The van der Waals surface area contributed by atoms with E-state index in [0.29, 0.717) is 18.4 Å². The lowest BCUT2D eigenvalue weighted by Crippen LogP contribution is -2.14. The lowest BCUT2D eigenvalue weighted by molar-refractivity contribution is 0.0936. The highest BCUT2D eigenvalue weighted by molar-refractivity contribution is 6.13. The van der Waals surface area contributed by atoms with Crippen LogP contribution in [0.5, 0.6) is 0 Å². The second-order valence-corrected chi connectivity index (χ2v) is 4.69. The minimum atomic E-state index is -0.740. The van der Waals surface area contributed by atoms with Gasteiger partial charge in [0, 0.05) is 22.2 Å². The Kier molecular flexibility index (Phi) is 1.90. The van der Waals surface area contributed by atoms with Crippen LogP contribution in [-0.4, -0.2) is 10.8 Å². The van der Waals surface area contributed by atoms with Crippen molar-refractivity contribution in [3.05, 3.63) is 35.5 Å². The quantitative estimate of drug-likeness (QED) is 0.797. The van der Waals surface area contributed by atoms with Gasteiger partial charge in [0.15, 0.2) is 5.78 Å². The maximum Gasteiger partial charge on any atom is 0.185 e. The molecule has 84 valence electrons. The van der Waals surface area contributed by atoms with Gasteiger partial charge >= 0.3 is 0 Å². The molecule has 3 nitrogen and oxygen atoms in total. The fraction of sp³-hybridized carbons (Fsp3) is 0.286. The van der Waals surface area contributed by atoms with Crippen LogP contribution in [0.3, 0.4) is 0 Å². The number of para-hydroxylation sites is 1. The van der Waals surface area contributed by atoms with E-state index < -0.39 is 5.41 Å². The first kappa shape index (κ1) is 10.1. The van der Waals surface area contributed by atoms with Gasteiger partial charge in [-0.1, -0.05) is 18.2 Å². The van der Waals surface area contributed by atoms with Gasteiger partial charge in [-0.2, -0.15) is 5.26 Å². The Balaban J connectivity index is 2.21. The van der Waals surface area contributed by atoms with Crippen molar-refractivity contribution < 1.29 is 4.79 Å². The minimum absolute atomic E-state index is 0.0186. The van der Waals surface area contributed by atoms with Gasteiger partial charge in [-0.25, -0.2) is 0 Å². The summed E-state index contributed by atoms with van der Waals surface area (Å²) in [5.74, 6) is -0.0186. The molecule has 0 saturated heterocycles. The molecular formula is C14H12N2O. The molecule has 0 aliphatic heterocycles. The van der Waals surface area contributed by atoms with Crippen molar-refractivity contribution in [2.24, 2.45) is 5.41 Å². The van der Waals surface area contributed by atoms with Gasteiger partial charge in [0.25, 0.3) is 0 Å². The first-order chi connectivity index (χ1) is 8.18. The Morgan fingerprint density at radius 1 is 1.41 bits per heavy atom. The van der Waals surface area contributed by atoms with E-state index in [4.69, 9.17) is 5.26 Å². The molecule has 0 amide bonds. The predicted octanol–water partition coefficient (Wildman–Crippen LogP) is 2.96. The van der Waals surface area contributed by atoms with Gasteiger partial charge in [0.2, 0.25) is 0 Å². The molecule has 1 N–H and O–H groups in total. The number of ketones is 1. The summed E-state index contributed by atoms with van der Waals surface area (Å²) in [6, 6.07) is 9.90. The van der Waals surface area contributed by atoms with E-state index >= 15 is 0 Å². The van der Waals surface area contributed by atoms with Crippen LogP contribution in [0.1, 0.15) is 28.9 Å². The number of Topliss-reactive ketones (excluding diaryl/α,β-unsaturated/α-hetero) is 1. The standard InChI is InChI=1S/C14H12N2O/c1-9-12(13(17)14(8-15)6-7-14)10-4-2-3-5-11(10)16-9/h2-5,16H,6-7H2,1H3. The molecule has 1 aromatic carbocycles. The number of carbonyl (C=O) groups is 1. The molecule has 0 spiro atoms. The number of rotatable bonds is 2. The van der Waals surface area contributed by atoms with Crippen LogP contribution in [0.25, 0.3) is 10.9 Å². The van der Waals surface area contributed by atoms with Crippen LogP contribution in [0.15, 0.2) is 24.3 Å². The van der Waals surface area contributed by atoms with Gasteiger partial charge in [-0.3, -0.25) is 4.79 Å². The number of fused-ring (bicyclic) bond motifs is 1. The van der Waals surface area contributed by atoms with E-state index in [1.54, 1.807) is 0 Å². The minimum Gasteiger partial charge on any atom is -0.358 e. The summed E-state index contributed by atoms with van der Waals surface area (Å²) >= 11 is 0. The highest BCUT2D eigenvalue weighted by Crippen LogP contribution is 2.48. The molecule has 1 saturated carbocycles. The van der Waals surface area contributed by atoms with Gasteiger partial charge in [-0.15, -0.1) is 0 Å². The number of aromatic amines is 1. The molecule has 2 aromatic rings. The van der Waals surface area contributed by atoms with Gasteiger partial charge < -0.3 is 4.98 Å². The molecule has 0 unspecified atom stereocenters. The molecule has 1 heterocycles. The molecule has 1 aromatic heterocycles. The largest absolute Gasteiger partial charge is 0.358 e. The predicted molar refractivity (Wildman–Crippen MR) is 64.6 cm³/mol. The number of aromatic nitrogens is 1. The molecule has 1 aliphatic carbocycles. The number of nitrogens with one attached hydrogen (secondary N) is 1. The van der Waals surface area contributed by atoms with Crippen molar-refractivity contribution in [1.29, 1.82) is 5.26 Å². The van der Waals surface area contributed by atoms with Crippen molar-refractivity contribution in [2.75, 3.05) is 0 Å². The third-order valence-corrected chi connectivity index (χ3v) is 3.52. The fourth-order valence-corrected chi connectivity index (χ4v) is 2.32.